The zero-order valence-electron chi connectivity index (χ0n) is 11.3. The van der Waals surface area contributed by atoms with Gasteiger partial charge in [0.15, 0.2) is 0 Å². The van der Waals surface area contributed by atoms with Crippen molar-refractivity contribution in [2.75, 3.05) is 5.73 Å². The molecule has 0 fully saturated rings. The Balaban J connectivity index is 2.12. The van der Waals surface area contributed by atoms with Gasteiger partial charge in [0, 0.05) is 17.1 Å². The van der Waals surface area contributed by atoms with Crippen molar-refractivity contribution in [2.24, 2.45) is 0 Å². The Hall–Kier alpha value is -2.00. The number of fused-ring (bicyclic) bond motifs is 1. The molecule has 0 aliphatic rings. The van der Waals surface area contributed by atoms with Crippen molar-refractivity contribution in [3.8, 4) is 0 Å². The van der Waals surface area contributed by atoms with Crippen LogP contribution in [-0.2, 0) is 13.0 Å². The highest BCUT2D eigenvalue weighted by Crippen LogP contribution is 2.23. The third kappa shape index (κ3) is 2.25. The number of anilines is 1. The maximum absolute atomic E-state index is 6.27. The summed E-state index contributed by atoms with van der Waals surface area (Å²) >= 11 is 6.27. The second-order valence-electron chi connectivity index (χ2n) is 4.81. The molecule has 0 radical (unpaired) electrons. The van der Waals surface area contributed by atoms with E-state index in [0.29, 0.717) is 6.54 Å². The fourth-order valence-electron chi connectivity index (χ4n) is 2.46. The number of nitrogens with zero attached hydrogens (tertiary/aromatic N) is 2. The summed E-state index contributed by atoms with van der Waals surface area (Å²) in [5.74, 6) is 1.06. The van der Waals surface area contributed by atoms with Crippen LogP contribution in [0.3, 0.4) is 0 Å². The summed E-state index contributed by atoms with van der Waals surface area (Å²) in [5.41, 5.74) is 9.75. The first-order chi connectivity index (χ1) is 9.69. The summed E-state index contributed by atoms with van der Waals surface area (Å²) in [4.78, 5) is 4.67. The molecule has 3 rings (SSSR count). The van der Waals surface area contributed by atoms with Gasteiger partial charge in [-0.3, -0.25) is 0 Å². The van der Waals surface area contributed by atoms with Gasteiger partial charge in [-0.1, -0.05) is 30.7 Å². The maximum Gasteiger partial charge on any atom is 0.109 e. The molecule has 0 saturated heterocycles. The molecule has 2 N–H and O–H groups in total. The number of nitrogen functional groups attached to an aromatic ring is 1. The summed E-state index contributed by atoms with van der Waals surface area (Å²) in [7, 11) is 0. The average Bonchev–Trinajstić information content (AvgIpc) is 2.81. The first kappa shape index (κ1) is 13.0. The third-order valence-electron chi connectivity index (χ3n) is 3.45. The highest BCUT2D eigenvalue weighted by molar-refractivity contribution is 6.31. The van der Waals surface area contributed by atoms with Crippen LogP contribution in [0.4, 0.5) is 5.69 Å². The van der Waals surface area contributed by atoms with Crippen LogP contribution in [0, 0.1) is 0 Å². The topological polar surface area (TPSA) is 43.8 Å². The van der Waals surface area contributed by atoms with Gasteiger partial charge >= 0.3 is 0 Å². The predicted molar refractivity (Wildman–Crippen MR) is 84.1 cm³/mol. The zero-order valence-corrected chi connectivity index (χ0v) is 12.1. The lowest BCUT2D eigenvalue weighted by Crippen LogP contribution is -2.05. The Morgan fingerprint density at radius 1 is 1.20 bits per heavy atom. The minimum atomic E-state index is 0.688. The fraction of sp³-hybridized carbons (Fsp3) is 0.188. The smallest absolute Gasteiger partial charge is 0.109 e. The van der Waals surface area contributed by atoms with Crippen molar-refractivity contribution in [3.05, 3.63) is 58.9 Å². The van der Waals surface area contributed by atoms with Crippen LogP contribution < -0.4 is 5.73 Å². The van der Waals surface area contributed by atoms with Crippen molar-refractivity contribution in [2.45, 2.75) is 19.9 Å². The standard InChI is InChI=1S/C16H16ClN3/c1-2-16-19-14-5-3-4-6-15(14)20(16)10-11-9-12(18)7-8-13(11)17/h3-9H,2,10,18H2,1H3. The second-order valence-corrected chi connectivity index (χ2v) is 5.21. The molecule has 3 nitrogen and oxygen atoms in total. The van der Waals surface area contributed by atoms with Gasteiger partial charge in [-0.05, 0) is 35.9 Å². The van der Waals surface area contributed by atoms with Crippen LogP contribution in [0.1, 0.15) is 18.3 Å². The molecule has 4 heteroatoms. The lowest BCUT2D eigenvalue weighted by atomic mass is 10.2. The number of rotatable bonds is 3. The summed E-state index contributed by atoms with van der Waals surface area (Å²) in [6.07, 6.45) is 0.884. The Morgan fingerprint density at radius 3 is 2.80 bits per heavy atom. The summed E-state index contributed by atoms with van der Waals surface area (Å²) in [6, 6.07) is 13.7. The molecule has 0 amide bonds. The van der Waals surface area contributed by atoms with Crippen LogP contribution in [0.25, 0.3) is 11.0 Å². The molecular weight excluding hydrogens is 270 g/mol. The van der Waals surface area contributed by atoms with E-state index in [9.17, 15) is 0 Å². The Kier molecular flexibility index (Phi) is 3.36. The van der Waals surface area contributed by atoms with E-state index in [4.69, 9.17) is 17.3 Å². The molecular formula is C16H16ClN3. The Labute approximate surface area is 123 Å². The molecule has 0 spiro atoms. The van der Waals surface area contributed by atoms with Gasteiger partial charge in [0.05, 0.1) is 17.6 Å². The van der Waals surface area contributed by atoms with Crippen molar-refractivity contribution in [3.63, 3.8) is 0 Å². The molecule has 1 aromatic heterocycles. The maximum atomic E-state index is 6.27. The van der Waals surface area contributed by atoms with Gasteiger partial charge in [0.25, 0.3) is 0 Å². The molecule has 0 saturated carbocycles. The number of nitrogens with two attached hydrogens (primary N) is 1. The Morgan fingerprint density at radius 2 is 2.00 bits per heavy atom. The molecule has 1 heterocycles. The first-order valence-corrected chi connectivity index (χ1v) is 7.05. The van der Waals surface area contributed by atoms with Crippen LogP contribution in [0.15, 0.2) is 42.5 Å². The molecule has 0 unspecified atom stereocenters. The van der Waals surface area contributed by atoms with Gasteiger partial charge in [0.1, 0.15) is 5.82 Å². The molecule has 20 heavy (non-hydrogen) atoms. The van der Waals surface area contributed by atoms with Crippen molar-refractivity contribution in [1.29, 1.82) is 0 Å². The molecule has 2 aromatic carbocycles. The molecule has 0 aliphatic carbocycles. The normalized spacial score (nSPS) is 11.1. The van der Waals surface area contributed by atoms with E-state index in [1.165, 1.54) is 0 Å². The second kappa shape index (κ2) is 5.17. The van der Waals surface area contributed by atoms with E-state index in [2.05, 4.69) is 22.5 Å². The molecule has 102 valence electrons. The number of hydrogen-bond donors (Lipinski definition) is 1. The third-order valence-corrected chi connectivity index (χ3v) is 3.82. The average molecular weight is 286 g/mol. The highest BCUT2D eigenvalue weighted by Gasteiger charge is 2.11. The lowest BCUT2D eigenvalue weighted by Gasteiger charge is -2.10. The number of aryl methyl sites for hydroxylation is 1. The monoisotopic (exact) mass is 285 g/mol. The van der Waals surface area contributed by atoms with E-state index in [1.807, 2.05) is 36.4 Å². The van der Waals surface area contributed by atoms with Gasteiger partial charge < -0.3 is 10.3 Å². The van der Waals surface area contributed by atoms with Crippen molar-refractivity contribution in [1.82, 2.24) is 9.55 Å². The number of para-hydroxylation sites is 2. The van der Waals surface area contributed by atoms with E-state index >= 15 is 0 Å². The van der Waals surface area contributed by atoms with Crippen LogP contribution in [0.5, 0.6) is 0 Å². The van der Waals surface area contributed by atoms with Crippen LogP contribution >= 0.6 is 11.6 Å². The number of halogens is 1. The van der Waals surface area contributed by atoms with Gasteiger partial charge in [0.2, 0.25) is 0 Å². The molecule has 0 atom stereocenters. The highest BCUT2D eigenvalue weighted by atomic mass is 35.5. The summed E-state index contributed by atoms with van der Waals surface area (Å²) in [5, 5.41) is 0.735. The largest absolute Gasteiger partial charge is 0.399 e. The molecule has 0 bridgehead atoms. The number of benzene rings is 2. The minimum absolute atomic E-state index is 0.688. The zero-order chi connectivity index (χ0) is 14.1. The van der Waals surface area contributed by atoms with E-state index < -0.39 is 0 Å². The van der Waals surface area contributed by atoms with E-state index in [-0.39, 0.29) is 0 Å². The van der Waals surface area contributed by atoms with Crippen LogP contribution in [0.2, 0.25) is 5.02 Å². The van der Waals surface area contributed by atoms with Crippen molar-refractivity contribution >= 4 is 28.3 Å². The Bertz CT molecular complexity index is 762. The molecule has 3 aromatic rings. The SMILES string of the molecule is CCc1nc2ccccc2n1Cc1cc(N)ccc1Cl. The van der Waals surface area contributed by atoms with Crippen molar-refractivity contribution < 1.29 is 0 Å². The quantitative estimate of drug-likeness (QED) is 0.742. The molecule has 0 aliphatic heterocycles. The van der Waals surface area contributed by atoms with Gasteiger partial charge in [-0.2, -0.15) is 0 Å². The number of imidazole rings is 1. The predicted octanol–water partition coefficient (Wildman–Crippen LogP) is 3.88. The summed E-state index contributed by atoms with van der Waals surface area (Å²) in [6.45, 7) is 2.80. The van der Waals surface area contributed by atoms with Gasteiger partial charge in [-0.15, -0.1) is 0 Å². The van der Waals surface area contributed by atoms with E-state index in [0.717, 1.165) is 39.6 Å². The van der Waals surface area contributed by atoms with Crippen LogP contribution in [-0.4, -0.2) is 9.55 Å². The number of hydrogen-bond acceptors (Lipinski definition) is 2. The summed E-state index contributed by atoms with van der Waals surface area (Å²) < 4.78 is 2.20. The number of aromatic nitrogens is 2. The van der Waals surface area contributed by atoms with E-state index in [1.54, 1.807) is 0 Å². The lowest BCUT2D eigenvalue weighted by molar-refractivity contribution is 0.753. The fourth-order valence-corrected chi connectivity index (χ4v) is 2.64. The first-order valence-electron chi connectivity index (χ1n) is 6.67. The minimum Gasteiger partial charge on any atom is -0.399 e. The van der Waals surface area contributed by atoms with Gasteiger partial charge in [-0.25, -0.2) is 4.98 Å².